The number of hydrogen-bond acceptors (Lipinski definition) is 6. The molecule has 6 nitrogen and oxygen atoms in total. The van der Waals surface area contributed by atoms with Crippen molar-refractivity contribution in [2.45, 2.75) is 162 Å². The topological polar surface area (TPSA) is 92.7 Å². The molecule has 2 rings (SSSR count). The molecular weight excluding hydrogens is 549 g/mol. The predicted molar refractivity (Wildman–Crippen MR) is 166 cm³/mol. The van der Waals surface area contributed by atoms with Gasteiger partial charge >= 0.3 is 0 Å². The number of sulfonamides is 1. The Balaban J connectivity index is 1.57. The number of thiophene rings is 1. The maximum Gasteiger partial charge on any atom is 0.291 e. The highest BCUT2D eigenvalue weighted by Gasteiger charge is 2.39. The third-order valence-corrected chi connectivity index (χ3v) is 13.4. The number of rotatable bonds is 22. The van der Waals surface area contributed by atoms with Crippen molar-refractivity contribution >= 4 is 37.4 Å². The van der Waals surface area contributed by atoms with Gasteiger partial charge in [-0.1, -0.05) is 117 Å². The largest absolute Gasteiger partial charge is 0.310 e. The molecule has 39 heavy (non-hydrogen) atoms. The normalized spacial score (nSPS) is 19.1. The quantitative estimate of drug-likeness (QED) is 0.106. The van der Waals surface area contributed by atoms with Gasteiger partial charge in [0.25, 0.3) is 10.0 Å². The van der Waals surface area contributed by atoms with E-state index in [1.165, 1.54) is 109 Å². The van der Waals surface area contributed by atoms with E-state index in [0.717, 1.165) is 24.2 Å². The van der Waals surface area contributed by atoms with E-state index in [9.17, 15) is 16.8 Å². The summed E-state index contributed by atoms with van der Waals surface area (Å²) in [5, 5.41) is 2.75. The molecule has 2 heterocycles. The first-order valence-corrected chi connectivity index (χ1v) is 19.4. The Morgan fingerprint density at radius 2 is 1.36 bits per heavy atom. The van der Waals surface area contributed by atoms with E-state index in [-0.39, 0.29) is 14.5 Å². The van der Waals surface area contributed by atoms with Gasteiger partial charge in [0, 0.05) is 17.8 Å². The van der Waals surface area contributed by atoms with Gasteiger partial charge in [-0.15, -0.1) is 11.3 Å². The first-order valence-electron chi connectivity index (χ1n) is 15.6. The highest BCUT2D eigenvalue weighted by atomic mass is 32.3. The van der Waals surface area contributed by atoms with Gasteiger partial charge < -0.3 is 5.32 Å². The maximum absolute atomic E-state index is 12.8. The van der Waals surface area contributed by atoms with Crippen LogP contribution in [0.15, 0.2) is 18.9 Å². The van der Waals surface area contributed by atoms with E-state index in [1.54, 1.807) is 6.92 Å². The van der Waals surface area contributed by atoms with Crippen LogP contribution in [0.5, 0.6) is 0 Å². The van der Waals surface area contributed by atoms with E-state index in [1.807, 2.05) is 6.92 Å². The van der Waals surface area contributed by atoms with Crippen molar-refractivity contribution in [2.75, 3.05) is 6.54 Å². The number of unbranched alkanes of at least 4 members (excludes halogenated alkanes) is 17. The van der Waals surface area contributed by atoms with Crippen LogP contribution in [0.4, 0.5) is 0 Å². The van der Waals surface area contributed by atoms with E-state index in [2.05, 4.69) is 16.6 Å². The fourth-order valence-electron chi connectivity index (χ4n) is 5.33. The molecule has 0 aromatic carbocycles. The molecule has 2 atom stereocenters. The lowest BCUT2D eigenvalue weighted by Gasteiger charge is -2.27. The number of sulfone groups is 1. The zero-order chi connectivity index (χ0) is 28.6. The molecule has 1 aliphatic rings. The molecule has 0 spiro atoms. The molecule has 1 aromatic rings. The maximum atomic E-state index is 12.8. The molecule has 1 N–H and O–H groups in total. The minimum atomic E-state index is -3.89. The first-order chi connectivity index (χ1) is 18.7. The summed E-state index contributed by atoms with van der Waals surface area (Å²) in [4.78, 5) is 0. The predicted octanol–water partition coefficient (Wildman–Crippen LogP) is 8.77. The number of nitrogens with zero attached hydrogens (tertiary/aromatic N) is 1. The summed E-state index contributed by atoms with van der Waals surface area (Å²) in [6, 6.07) is 1.36. The smallest absolute Gasteiger partial charge is 0.291 e. The summed E-state index contributed by atoms with van der Waals surface area (Å²) in [5.74, 6) is 0. The second kappa shape index (κ2) is 18.6. The molecule has 0 saturated carbocycles. The molecule has 0 amide bonds. The van der Waals surface area contributed by atoms with Crippen LogP contribution in [0, 0.1) is 0 Å². The molecule has 0 radical (unpaired) electrons. The van der Waals surface area contributed by atoms with Gasteiger partial charge in [0.15, 0.2) is 9.84 Å². The van der Waals surface area contributed by atoms with Crippen molar-refractivity contribution in [2.24, 2.45) is 4.40 Å². The Hall–Kier alpha value is -0.770. The van der Waals surface area contributed by atoms with Gasteiger partial charge in [0.05, 0.1) is 5.25 Å². The van der Waals surface area contributed by atoms with Crippen molar-refractivity contribution in [3.8, 4) is 0 Å². The van der Waals surface area contributed by atoms with Crippen molar-refractivity contribution < 1.29 is 16.8 Å². The highest BCUT2D eigenvalue weighted by Crippen LogP contribution is 2.43. The Bertz CT molecular complexity index is 1050. The van der Waals surface area contributed by atoms with Crippen LogP contribution in [0.3, 0.4) is 0 Å². The zero-order valence-corrected chi connectivity index (χ0v) is 27.2. The van der Waals surface area contributed by atoms with E-state index in [0.29, 0.717) is 24.9 Å². The number of hydrogen-bond donors (Lipinski definition) is 1. The lowest BCUT2D eigenvalue weighted by molar-refractivity contribution is 0.477. The standard InChI is InChI=1S/C30H54N2O4S3/c1-4-6-7-8-9-10-11-12-13-14-15-16-17-18-19-20-21-22-23-32-39(35,36)29-25-27-28(31-5-2)24-26(3)38(33,34)30(27)37-29/h23,25-26,28,31H,4-22,24H2,1-3H3/b32-23-/t26-,28-/m0/s1. The molecule has 226 valence electrons. The average molecular weight is 603 g/mol. The average Bonchev–Trinajstić information content (AvgIpc) is 3.37. The molecule has 1 aliphatic heterocycles. The van der Waals surface area contributed by atoms with Gasteiger partial charge in [-0.3, -0.25) is 0 Å². The minimum Gasteiger partial charge on any atom is -0.310 e. The van der Waals surface area contributed by atoms with E-state index >= 15 is 0 Å². The lowest BCUT2D eigenvalue weighted by Crippen LogP contribution is -2.33. The molecule has 0 saturated heterocycles. The molecule has 0 unspecified atom stereocenters. The Morgan fingerprint density at radius 3 is 1.85 bits per heavy atom. The van der Waals surface area contributed by atoms with Gasteiger partial charge in [0.2, 0.25) is 0 Å². The summed E-state index contributed by atoms with van der Waals surface area (Å²) in [6.45, 7) is 6.60. The summed E-state index contributed by atoms with van der Waals surface area (Å²) in [5.41, 5.74) is 0.571. The molecule has 0 aliphatic carbocycles. The van der Waals surface area contributed by atoms with Crippen molar-refractivity contribution in [3.63, 3.8) is 0 Å². The third-order valence-electron chi connectivity index (χ3n) is 7.79. The SMILES string of the molecule is CCCCCCCCCCCCCCCCCCC/C=N\S(=O)(=O)c1cc2c(s1)S(=O)(=O)[C@@H](C)C[C@@H]2NCC. The van der Waals surface area contributed by atoms with Gasteiger partial charge in [-0.25, -0.2) is 8.42 Å². The summed E-state index contributed by atoms with van der Waals surface area (Å²) < 4.78 is 55.2. The summed E-state index contributed by atoms with van der Waals surface area (Å²) in [6.07, 6.45) is 24.9. The highest BCUT2D eigenvalue weighted by molar-refractivity contribution is 7.96. The Morgan fingerprint density at radius 1 is 0.872 bits per heavy atom. The fraction of sp³-hybridized carbons (Fsp3) is 0.833. The summed E-state index contributed by atoms with van der Waals surface area (Å²) >= 11 is 0.843. The van der Waals surface area contributed by atoms with Gasteiger partial charge in [-0.2, -0.15) is 12.8 Å². The van der Waals surface area contributed by atoms with Crippen LogP contribution >= 0.6 is 11.3 Å². The molecule has 9 heteroatoms. The van der Waals surface area contributed by atoms with Crippen LogP contribution in [0.1, 0.15) is 154 Å². The van der Waals surface area contributed by atoms with Gasteiger partial charge in [-0.05, 0) is 38.8 Å². The van der Waals surface area contributed by atoms with Crippen LogP contribution in [-0.4, -0.2) is 34.8 Å². The second-order valence-corrected chi connectivity index (χ2v) is 16.7. The minimum absolute atomic E-state index is 0.0201. The van der Waals surface area contributed by atoms with Crippen molar-refractivity contribution in [1.82, 2.24) is 5.32 Å². The first kappa shape index (κ1) is 34.4. The van der Waals surface area contributed by atoms with Crippen LogP contribution in [0.2, 0.25) is 0 Å². The second-order valence-electron chi connectivity index (χ2n) is 11.2. The fourth-order valence-corrected chi connectivity index (χ4v) is 10.2. The van der Waals surface area contributed by atoms with Crippen molar-refractivity contribution in [1.29, 1.82) is 0 Å². The van der Waals surface area contributed by atoms with Crippen molar-refractivity contribution in [3.05, 3.63) is 11.6 Å². The number of nitrogens with one attached hydrogen (secondary N) is 1. The van der Waals surface area contributed by atoms with E-state index < -0.39 is 25.1 Å². The summed E-state index contributed by atoms with van der Waals surface area (Å²) in [7, 11) is -7.39. The Labute approximate surface area is 243 Å². The van der Waals surface area contributed by atoms with Gasteiger partial charge in [0.1, 0.15) is 8.42 Å². The Kier molecular flexibility index (Phi) is 16.4. The monoisotopic (exact) mass is 602 g/mol. The molecule has 0 bridgehead atoms. The molecular formula is C30H54N2O4S3. The molecule has 0 fully saturated rings. The van der Waals surface area contributed by atoms with Crippen LogP contribution < -0.4 is 5.32 Å². The molecule has 1 aromatic heterocycles. The van der Waals surface area contributed by atoms with E-state index in [4.69, 9.17) is 0 Å². The van der Waals surface area contributed by atoms with Crippen LogP contribution in [0.25, 0.3) is 0 Å². The lowest BCUT2D eigenvalue weighted by atomic mass is 10.0. The number of fused-ring (bicyclic) bond motifs is 1. The zero-order valence-electron chi connectivity index (χ0n) is 24.8. The third kappa shape index (κ3) is 11.9. The van der Waals surface area contributed by atoms with Crippen LogP contribution in [-0.2, 0) is 19.9 Å².